The lowest BCUT2D eigenvalue weighted by atomic mass is 10.1. The highest BCUT2D eigenvalue weighted by Crippen LogP contribution is 2.13. The number of benzene rings is 1. The van der Waals surface area contributed by atoms with Crippen LogP contribution in [0.25, 0.3) is 0 Å². The highest BCUT2D eigenvalue weighted by atomic mass is 32.2. The van der Waals surface area contributed by atoms with Crippen LogP contribution < -0.4 is 4.72 Å². The first-order valence-electron chi connectivity index (χ1n) is 7.06. The van der Waals surface area contributed by atoms with E-state index in [4.69, 9.17) is 5.11 Å². The van der Waals surface area contributed by atoms with Crippen molar-refractivity contribution >= 4 is 16.2 Å². The van der Waals surface area contributed by atoms with Gasteiger partial charge in [-0.1, -0.05) is 25.0 Å². The van der Waals surface area contributed by atoms with Crippen molar-refractivity contribution in [1.82, 2.24) is 9.03 Å². The summed E-state index contributed by atoms with van der Waals surface area (Å²) in [5, 5.41) is 8.93. The van der Waals surface area contributed by atoms with Crippen LogP contribution in [-0.4, -0.2) is 36.9 Å². The van der Waals surface area contributed by atoms with E-state index in [0.29, 0.717) is 18.7 Å². The smallest absolute Gasteiger partial charge is 0.335 e. The molecular formula is C14H20N2O4S. The van der Waals surface area contributed by atoms with Crippen LogP contribution in [0.1, 0.15) is 41.6 Å². The van der Waals surface area contributed by atoms with Gasteiger partial charge < -0.3 is 5.11 Å². The Bertz CT molecular complexity index is 593. The molecule has 1 aromatic rings. The zero-order valence-corrected chi connectivity index (χ0v) is 12.6. The molecule has 2 N–H and O–H groups in total. The second-order valence-corrected chi connectivity index (χ2v) is 6.90. The summed E-state index contributed by atoms with van der Waals surface area (Å²) in [6.45, 7) is 1.19. The lowest BCUT2D eigenvalue weighted by molar-refractivity contribution is 0.0696. The Labute approximate surface area is 125 Å². The van der Waals surface area contributed by atoms with Crippen LogP contribution in [0.4, 0.5) is 0 Å². The highest BCUT2D eigenvalue weighted by Gasteiger charge is 2.22. The third-order valence-corrected chi connectivity index (χ3v) is 5.09. The predicted molar refractivity (Wildman–Crippen MR) is 79.2 cm³/mol. The van der Waals surface area contributed by atoms with Gasteiger partial charge in [-0.05, 0) is 30.5 Å². The van der Waals surface area contributed by atoms with Crippen LogP contribution in [0.15, 0.2) is 24.3 Å². The molecule has 0 unspecified atom stereocenters. The van der Waals surface area contributed by atoms with Crippen molar-refractivity contribution in [2.75, 3.05) is 13.1 Å². The van der Waals surface area contributed by atoms with Gasteiger partial charge >= 0.3 is 5.97 Å². The Morgan fingerprint density at radius 2 is 1.86 bits per heavy atom. The van der Waals surface area contributed by atoms with E-state index >= 15 is 0 Å². The molecule has 116 valence electrons. The van der Waals surface area contributed by atoms with Crippen molar-refractivity contribution in [3.8, 4) is 0 Å². The molecule has 0 bridgehead atoms. The van der Waals surface area contributed by atoms with E-state index in [9.17, 15) is 13.2 Å². The van der Waals surface area contributed by atoms with Gasteiger partial charge in [-0.3, -0.25) is 0 Å². The lowest BCUT2D eigenvalue weighted by Crippen LogP contribution is -2.40. The van der Waals surface area contributed by atoms with E-state index in [-0.39, 0.29) is 12.1 Å². The molecule has 1 saturated heterocycles. The molecule has 2 rings (SSSR count). The number of nitrogens with zero attached hydrogens (tertiary/aromatic N) is 1. The molecule has 6 nitrogen and oxygen atoms in total. The number of carboxylic acids is 1. The Morgan fingerprint density at radius 1 is 1.19 bits per heavy atom. The SMILES string of the molecule is O=C(O)c1cccc(CNS(=O)(=O)N2CCCCCC2)c1. The van der Waals surface area contributed by atoms with Gasteiger partial charge in [-0.25, -0.2) is 4.79 Å². The molecule has 0 amide bonds. The summed E-state index contributed by atoms with van der Waals surface area (Å²) in [6, 6.07) is 6.28. The number of aromatic carboxylic acids is 1. The summed E-state index contributed by atoms with van der Waals surface area (Å²) in [6.07, 6.45) is 3.89. The van der Waals surface area contributed by atoms with Crippen molar-refractivity contribution < 1.29 is 18.3 Å². The molecule has 0 radical (unpaired) electrons. The number of carbonyl (C=O) groups is 1. The van der Waals surface area contributed by atoms with Crippen LogP contribution in [0.5, 0.6) is 0 Å². The molecule has 0 atom stereocenters. The lowest BCUT2D eigenvalue weighted by Gasteiger charge is -2.20. The van der Waals surface area contributed by atoms with E-state index in [1.54, 1.807) is 12.1 Å². The monoisotopic (exact) mass is 312 g/mol. The van der Waals surface area contributed by atoms with Crippen molar-refractivity contribution in [3.63, 3.8) is 0 Å². The third kappa shape index (κ3) is 4.52. The second kappa shape index (κ2) is 7.02. The van der Waals surface area contributed by atoms with Gasteiger partial charge in [-0.2, -0.15) is 17.4 Å². The second-order valence-electron chi connectivity index (χ2n) is 5.14. The quantitative estimate of drug-likeness (QED) is 0.864. The summed E-state index contributed by atoms with van der Waals surface area (Å²) in [5.74, 6) is -1.02. The molecule has 0 aliphatic carbocycles. The maximum Gasteiger partial charge on any atom is 0.335 e. The number of hydrogen-bond donors (Lipinski definition) is 2. The summed E-state index contributed by atoms with van der Waals surface area (Å²) >= 11 is 0. The molecule has 1 aliphatic rings. The Balaban J connectivity index is 2.00. The van der Waals surface area contributed by atoms with Gasteiger partial charge in [0.05, 0.1) is 5.56 Å². The minimum absolute atomic E-state index is 0.0972. The summed E-state index contributed by atoms with van der Waals surface area (Å²) in [7, 11) is -3.50. The van der Waals surface area contributed by atoms with Crippen molar-refractivity contribution in [2.24, 2.45) is 0 Å². The van der Waals surface area contributed by atoms with Crippen molar-refractivity contribution in [3.05, 3.63) is 35.4 Å². The number of nitrogens with one attached hydrogen (secondary N) is 1. The molecule has 1 fully saturated rings. The van der Waals surface area contributed by atoms with Gasteiger partial charge in [-0.15, -0.1) is 0 Å². The van der Waals surface area contributed by atoms with Gasteiger partial charge in [0, 0.05) is 19.6 Å². The van der Waals surface area contributed by atoms with Crippen LogP contribution >= 0.6 is 0 Å². The van der Waals surface area contributed by atoms with Crippen molar-refractivity contribution in [1.29, 1.82) is 0 Å². The van der Waals surface area contributed by atoms with Gasteiger partial charge in [0.1, 0.15) is 0 Å². The normalized spacial score (nSPS) is 17.3. The van der Waals surface area contributed by atoms with Crippen LogP contribution in [-0.2, 0) is 16.8 Å². The Morgan fingerprint density at radius 3 is 2.48 bits per heavy atom. The Kier molecular flexibility index (Phi) is 5.33. The fourth-order valence-electron chi connectivity index (χ4n) is 2.36. The molecule has 0 spiro atoms. The first-order chi connectivity index (χ1) is 9.99. The molecule has 1 aromatic carbocycles. The topological polar surface area (TPSA) is 86.7 Å². The van der Waals surface area contributed by atoms with E-state index in [1.165, 1.54) is 16.4 Å². The van der Waals surface area contributed by atoms with E-state index in [2.05, 4.69) is 4.72 Å². The van der Waals surface area contributed by atoms with E-state index in [1.807, 2.05) is 0 Å². The average molecular weight is 312 g/mol. The summed E-state index contributed by atoms with van der Waals surface area (Å²) < 4.78 is 28.5. The number of hydrogen-bond acceptors (Lipinski definition) is 3. The third-order valence-electron chi connectivity index (χ3n) is 3.54. The largest absolute Gasteiger partial charge is 0.478 e. The molecular weight excluding hydrogens is 292 g/mol. The molecule has 0 aromatic heterocycles. The number of carboxylic acid groups (broad SMARTS) is 1. The van der Waals surface area contributed by atoms with Crippen molar-refractivity contribution in [2.45, 2.75) is 32.2 Å². The minimum atomic E-state index is -3.50. The van der Waals surface area contributed by atoms with Crippen LogP contribution in [0, 0.1) is 0 Å². The fourth-order valence-corrected chi connectivity index (χ4v) is 3.63. The standard InChI is InChI=1S/C14H20N2O4S/c17-14(18)13-7-5-6-12(10-13)11-15-21(19,20)16-8-3-1-2-4-9-16/h5-7,10,15H,1-4,8-9,11H2,(H,17,18). The first-order valence-corrected chi connectivity index (χ1v) is 8.50. The minimum Gasteiger partial charge on any atom is -0.478 e. The molecule has 7 heteroatoms. The van der Waals surface area contributed by atoms with E-state index < -0.39 is 16.2 Å². The van der Waals surface area contributed by atoms with Gasteiger partial charge in [0.2, 0.25) is 0 Å². The van der Waals surface area contributed by atoms with Crippen LogP contribution in [0.3, 0.4) is 0 Å². The molecule has 0 saturated carbocycles. The average Bonchev–Trinajstić information content (AvgIpc) is 2.75. The van der Waals surface area contributed by atoms with Gasteiger partial charge in [0.25, 0.3) is 10.2 Å². The predicted octanol–water partition coefficient (Wildman–Crippen LogP) is 1.60. The fraction of sp³-hybridized carbons (Fsp3) is 0.500. The summed E-state index contributed by atoms with van der Waals surface area (Å²) in [4.78, 5) is 10.9. The van der Waals surface area contributed by atoms with E-state index in [0.717, 1.165) is 25.7 Å². The molecule has 1 aliphatic heterocycles. The molecule has 21 heavy (non-hydrogen) atoms. The number of rotatable bonds is 5. The maximum atomic E-state index is 12.2. The zero-order valence-electron chi connectivity index (χ0n) is 11.8. The zero-order chi connectivity index (χ0) is 15.3. The van der Waals surface area contributed by atoms with Crippen LogP contribution in [0.2, 0.25) is 0 Å². The molecule has 1 heterocycles. The van der Waals surface area contributed by atoms with Gasteiger partial charge in [0.15, 0.2) is 0 Å². The Hall–Kier alpha value is -1.44. The maximum absolute atomic E-state index is 12.2. The highest BCUT2D eigenvalue weighted by molar-refractivity contribution is 7.87. The first kappa shape index (κ1) is 15.9. The summed E-state index contributed by atoms with van der Waals surface area (Å²) in [5.41, 5.74) is 0.787.